The van der Waals surface area contributed by atoms with Gasteiger partial charge in [-0.3, -0.25) is 9.59 Å². The first-order valence-electron chi connectivity index (χ1n) is 9.38. The molecule has 0 unspecified atom stereocenters. The second kappa shape index (κ2) is 7.92. The zero-order valence-electron chi connectivity index (χ0n) is 15.1. The van der Waals surface area contributed by atoms with Gasteiger partial charge >= 0.3 is 5.97 Å². The van der Waals surface area contributed by atoms with Crippen LogP contribution in [0.1, 0.15) is 32.1 Å². The van der Waals surface area contributed by atoms with Gasteiger partial charge in [-0.2, -0.15) is 0 Å². The number of benzene rings is 2. The molecule has 140 valence electrons. The molecule has 1 aliphatic carbocycles. The van der Waals surface area contributed by atoms with Gasteiger partial charge in [0.2, 0.25) is 0 Å². The Bertz CT molecular complexity index is 892. The standard InChI is InChI=1S/C22H22O5/c23-20-7-8-21(26-17-9-11-25-12-10-17)19(20)14-22(24)27-18-6-5-15-3-1-2-4-16(15)13-18/h1-6,13,17H,7-12,14H2. The first kappa shape index (κ1) is 17.7. The zero-order chi connectivity index (χ0) is 18.6. The zero-order valence-corrected chi connectivity index (χ0v) is 15.1. The molecular formula is C22H22O5. The number of Topliss-reactive ketones (excluding diaryl/α,β-unsaturated/α-hetero) is 1. The van der Waals surface area contributed by atoms with Gasteiger partial charge in [-0.25, -0.2) is 0 Å². The summed E-state index contributed by atoms with van der Waals surface area (Å²) in [4.78, 5) is 24.6. The summed E-state index contributed by atoms with van der Waals surface area (Å²) in [7, 11) is 0. The molecule has 0 amide bonds. The third-order valence-electron chi connectivity index (χ3n) is 5.00. The summed E-state index contributed by atoms with van der Waals surface area (Å²) in [5.74, 6) is 0.676. The Morgan fingerprint density at radius 2 is 1.81 bits per heavy atom. The summed E-state index contributed by atoms with van der Waals surface area (Å²) in [5, 5.41) is 2.08. The molecule has 1 aliphatic heterocycles. The van der Waals surface area contributed by atoms with Crippen LogP contribution in [0.25, 0.3) is 10.8 Å². The number of carbonyl (C=O) groups is 2. The minimum absolute atomic E-state index is 0.0208. The number of carbonyl (C=O) groups excluding carboxylic acids is 2. The maximum Gasteiger partial charge on any atom is 0.315 e. The largest absolute Gasteiger partial charge is 0.494 e. The van der Waals surface area contributed by atoms with Crippen LogP contribution in [0.15, 0.2) is 53.8 Å². The van der Waals surface area contributed by atoms with Crippen molar-refractivity contribution in [2.45, 2.75) is 38.2 Å². The molecule has 4 rings (SSSR count). The lowest BCUT2D eigenvalue weighted by Crippen LogP contribution is -2.23. The highest BCUT2D eigenvalue weighted by atomic mass is 16.5. The molecule has 0 atom stereocenters. The van der Waals surface area contributed by atoms with Crippen LogP contribution in [0.3, 0.4) is 0 Å². The molecule has 0 spiro atoms. The number of hydrogen-bond acceptors (Lipinski definition) is 5. The Morgan fingerprint density at radius 3 is 2.63 bits per heavy atom. The van der Waals surface area contributed by atoms with E-state index in [-0.39, 0.29) is 18.3 Å². The van der Waals surface area contributed by atoms with E-state index in [4.69, 9.17) is 14.2 Å². The molecular weight excluding hydrogens is 344 g/mol. The number of ketones is 1. The maximum atomic E-state index is 12.4. The number of allylic oxidation sites excluding steroid dienone is 1. The fraction of sp³-hybridized carbons (Fsp3) is 0.364. The highest BCUT2D eigenvalue weighted by Gasteiger charge is 2.29. The van der Waals surface area contributed by atoms with E-state index in [2.05, 4.69) is 0 Å². The molecule has 2 aromatic carbocycles. The molecule has 5 nitrogen and oxygen atoms in total. The third-order valence-corrected chi connectivity index (χ3v) is 5.00. The van der Waals surface area contributed by atoms with Crippen molar-refractivity contribution in [2.24, 2.45) is 0 Å². The molecule has 5 heteroatoms. The lowest BCUT2D eigenvalue weighted by molar-refractivity contribution is -0.134. The van der Waals surface area contributed by atoms with Crippen LogP contribution in [0.5, 0.6) is 5.75 Å². The monoisotopic (exact) mass is 366 g/mol. The highest BCUT2D eigenvalue weighted by molar-refractivity contribution is 6.02. The second-order valence-corrected chi connectivity index (χ2v) is 6.91. The Morgan fingerprint density at radius 1 is 1.04 bits per heavy atom. The van der Waals surface area contributed by atoms with Crippen LogP contribution >= 0.6 is 0 Å². The van der Waals surface area contributed by atoms with Gasteiger partial charge in [0.05, 0.1) is 19.6 Å². The smallest absolute Gasteiger partial charge is 0.315 e. The summed E-state index contributed by atoms with van der Waals surface area (Å²) < 4.78 is 16.8. The summed E-state index contributed by atoms with van der Waals surface area (Å²) >= 11 is 0. The van der Waals surface area contributed by atoms with Gasteiger partial charge in [-0.15, -0.1) is 0 Å². The lowest BCUT2D eigenvalue weighted by atomic mass is 10.1. The average Bonchev–Trinajstić information content (AvgIpc) is 3.02. The maximum absolute atomic E-state index is 12.4. The van der Waals surface area contributed by atoms with Crippen molar-refractivity contribution in [3.8, 4) is 5.75 Å². The fourth-order valence-electron chi connectivity index (χ4n) is 3.55. The normalized spacial score (nSPS) is 18.1. The second-order valence-electron chi connectivity index (χ2n) is 6.91. The van der Waals surface area contributed by atoms with E-state index in [0.717, 1.165) is 23.6 Å². The number of esters is 1. The van der Waals surface area contributed by atoms with Crippen LogP contribution in [0, 0.1) is 0 Å². The molecule has 0 bridgehead atoms. The van der Waals surface area contributed by atoms with Gasteiger partial charge in [0.1, 0.15) is 17.6 Å². The van der Waals surface area contributed by atoms with Crippen LogP contribution in [-0.2, 0) is 19.1 Å². The van der Waals surface area contributed by atoms with Crippen LogP contribution in [0.4, 0.5) is 0 Å². The average molecular weight is 366 g/mol. The minimum Gasteiger partial charge on any atom is -0.494 e. The van der Waals surface area contributed by atoms with Crippen LogP contribution in [-0.4, -0.2) is 31.1 Å². The number of rotatable bonds is 5. The van der Waals surface area contributed by atoms with Gasteiger partial charge in [0.25, 0.3) is 0 Å². The Hall–Kier alpha value is -2.66. The van der Waals surface area contributed by atoms with E-state index in [1.54, 1.807) is 6.07 Å². The molecule has 0 aromatic heterocycles. The van der Waals surface area contributed by atoms with E-state index in [0.29, 0.717) is 43.1 Å². The van der Waals surface area contributed by atoms with Crippen molar-refractivity contribution in [2.75, 3.05) is 13.2 Å². The lowest BCUT2D eigenvalue weighted by Gasteiger charge is -2.24. The van der Waals surface area contributed by atoms with Crippen LogP contribution < -0.4 is 4.74 Å². The minimum atomic E-state index is -0.441. The third kappa shape index (κ3) is 4.19. The first-order chi connectivity index (χ1) is 13.2. The van der Waals surface area contributed by atoms with E-state index in [9.17, 15) is 9.59 Å². The Kier molecular flexibility index (Phi) is 5.21. The summed E-state index contributed by atoms with van der Waals surface area (Å²) in [5.41, 5.74) is 0.465. The molecule has 2 aliphatic rings. The van der Waals surface area contributed by atoms with Crippen molar-refractivity contribution < 1.29 is 23.8 Å². The molecule has 0 radical (unpaired) electrons. The van der Waals surface area contributed by atoms with E-state index in [1.807, 2.05) is 36.4 Å². The van der Waals surface area contributed by atoms with Crippen molar-refractivity contribution in [1.82, 2.24) is 0 Å². The van der Waals surface area contributed by atoms with Crippen molar-refractivity contribution in [3.63, 3.8) is 0 Å². The van der Waals surface area contributed by atoms with Crippen molar-refractivity contribution in [3.05, 3.63) is 53.8 Å². The van der Waals surface area contributed by atoms with Crippen molar-refractivity contribution in [1.29, 1.82) is 0 Å². The quantitative estimate of drug-likeness (QED) is 0.592. The molecule has 27 heavy (non-hydrogen) atoms. The van der Waals surface area contributed by atoms with E-state index in [1.165, 1.54) is 0 Å². The summed E-state index contributed by atoms with van der Waals surface area (Å²) in [6.45, 7) is 1.34. The summed E-state index contributed by atoms with van der Waals surface area (Å²) in [6.07, 6.45) is 2.60. The van der Waals surface area contributed by atoms with Crippen LogP contribution in [0.2, 0.25) is 0 Å². The number of fused-ring (bicyclic) bond motifs is 1. The Labute approximate surface area is 157 Å². The van der Waals surface area contributed by atoms with Gasteiger partial charge in [0.15, 0.2) is 5.78 Å². The van der Waals surface area contributed by atoms with Gasteiger partial charge in [-0.1, -0.05) is 30.3 Å². The topological polar surface area (TPSA) is 61.8 Å². The van der Waals surface area contributed by atoms with Crippen molar-refractivity contribution >= 4 is 22.5 Å². The predicted octanol–water partition coefficient (Wildman–Crippen LogP) is 3.95. The van der Waals surface area contributed by atoms with E-state index >= 15 is 0 Å². The molecule has 0 saturated carbocycles. The van der Waals surface area contributed by atoms with E-state index < -0.39 is 5.97 Å². The SMILES string of the molecule is O=C(CC1=C(OC2CCOCC2)CCC1=O)Oc1ccc2ccccc2c1. The molecule has 1 saturated heterocycles. The predicted molar refractivity (Wildman–Crippen MR) is 100 cm³/mol. The molecule has 2 aromatic rings. The highest BCUT2D eigenvalue weighted by Crippen LogP contribution is 2.30. The van der Waals surface area contributed by atoms with Gasteiger partial charge in [0, 0.05) is 31.3 Å². The first-order valence-corrected chi connectivity index (χ1v) is 9.38. The number of ether oxygens (including phenoxy) is 3. The molecule has 1 fully saturated rings. The Balaban J connectivity index is 1.44. The fourth-order valence-corrected chi connectivity index (χ4v) is 3.55. The molecule has 0 N–H and O–H groups in total. The van der Waals surface area contributed by atoms with Gasteiger partial charge < -0.3 is 14.2 Å². The number of hydrogen-bond donors (Lipinski definition) is 0. The van der Waals surface area contributed by atoms with Gasteiger partial charge in [-0.05, 0) is 22.9 Å². The molecule has 1 heterocycles. The summed E-state index contributed by atoms with van der Waals surface area (Å²) in [6, 6.07) is 13.4.